The van der Waals surface area contributed by atoms with Crippen LogP contribution in [-0.2, 0) is 5.41 Å². The van der Waals surface area contributed by atoms with Gasteiger partial charge in [-0.2, -0.15) is 9.61 Å². The third kappa shape index (κ3) is 2.30. The molecule has 0 saturated carbocycles. The molecule has 0 bridgehead atoms. The molecule has 0 aliphatic heterocycles. The van der Waals surface area contributed by atoms with Gasteiger partial charge in [-0.3, -0.25) is 0 Å². The first-order chi connectivity index (χ1) is 8.95. The number of hydrogen-bond acceptors (Lipinski definition) is 4. The second-order valence-electron chi connectivity index (χ2n) is 5.38. The number of fused-ring (bicyclic) bond motifs is 1. The molecule has 0 aliphatic rings. The Morgan fingerprint density at radius 2 is 1.79 bits per heavy atom. The zero-order chi connectivity index (χ0) is 13.6. The highest BCUT2D eigenvalue weighted by Crippen LogP contribution is 2.29. The number of hydrogen-bond donors (Lipinski definition) is 0. The largest absolute Gasteiger partial charge is 0.235 e. The summed E-state index contributed by atoms with van der Waals surface area (Å²) in [5.74, 6) is 0.891. The van der Waals surface area contributed by atoms with Gasteiger partial charge in [-0.05, 0) is 12.1 Å². The molecule has 1 aromatic carbocycles. The molecule has 0 amide bonds. The lowest BCUT2D eigenvalue weighted by Crippen LogP contribution is -2.16. The van der Waals surface area contributed by atoms with E-state index < -0.39 is 0 Å². The van der Waals surface area contributed by atoms with Gasteiger partial charge in [0, 0.05) is 15.5 Å². The highest BCUT2D eigenvalue weighted by Gasteiger charge is 2.23. The second kappa shape index (κ2) is 4.38. The van der Waals surface area contributed by atoms with Crippen LogP contribution in [0, 0.1) is 0 Å². The van der Waals surface area contributed by atoms with Crippen LogP contribution in [0.3, 0.4) is 0 Å². The van der Waals surface area contributed by atoms with Crippen LogP contribution in [0.2, 0.25) is 0 Å². The zero-order valence-corrected chi connectivity index (χ0v) is 13.3. The minimum atomic E-state index is -0.0650. The van der Waals surface area contributed by atoms with E-state index in [0.717, 1.165) is 25.8 Å². The summed E-state index contributed by atoms with van der Waals surface area (Å²) in [5.41, 5.74) is 1.03. The van der Waals surface area contributed by atoms with Gasteiger partial charge in [-0.1, -0.05) is 60.2 Å². The van der Waals surface area contributed by atoms with Crippen molar-refractivity contribution >= 4 is 32.2 Å². The van der Waals surface area contributed by atoms with E-state index >= 15 is 0 Å². The van der Waals surface area contributed by atoms with Crippen LogP contribution in [0.15, 0.2) is 28.7 Å². The van der Waals surface area contributed by atoms with Gasteiger partial charge in [-0.25, -0.2) is 0 Å². The number of benzene rings is 1. The fourth-order valence-electron chi connectivity index (χ4n) is 1.79. The maximum atomic E-state index is 4.63. The SMILES string of the molecule is CC(C)(C)c1nnc2sc(-c3ccc(Br)cc3)nn12. The van der Waals surface area contributed by atoms with Gasteiger partial charge in [0.1, 0.15) is 5.01 Å². The molecule has 0 spiro atoms. The molecule has 2 heterocycles. The van der Waals surface area contributed by atoms with Crippen molar-refractivity contribution in [3.8, 4) is 10.6 Å². The van der Waals surface area contributed by atoms with Crippen molar-refractivity contribution in [2.45, 2.75) is 26.2 Å². The summed E-state index contributed by atoms with van der Waals surface area (Å²) in [4.78, 5) is 0.836. The van der Waals surface area contributed by atoms with E-state index in [4.69, 9.17) is 0 Å². The summed E-state index contributed by atoms with van der Waals surface area (Å²) in [6.45, 7) is 6.34. The summed E-state index contributed by atoms with van der Waals surface area (Å²) in [7, 11) is 0. The Labute approximate surface area is 123 Å². The first-order valence-electron chi connectivity index (χ1n) is 5.94. The molecule has 3 aromatic rings. The van der Waals surface area contributed by atoms with Crippen LogP contribution in [-0.4, -0.2) is 19.8 Å². The van der Waals surface area contributed by atoms with Gasteiger partial charge in [-0.15, -0.1) is 10.2 Å². The Balaban J connectivity index is 2.12. The Kier molecular flexibility index (Phi) is 2.94. The van der Waals surface area contributed by atoms with Gasteiger partial charge >= 0.3 is 0 Å². The zero-order valence-electron chi connectivity index (χ0n) is 10.9. The molecule has 0 atom stereocenters. The Morgan fingerprint density at radius 3 is 2.42 bits per heavy atom. The third-order valence-corrected chi connectivity index (χ3v) is 4.23. The van der Waals surface area contributed by atoms with Crippen molar-refractivity contribution in [1.29, 1.82) is 0 Å². The summed E-state index contributed by atoms with van der Waals surface area (Å²) in [6.07, 6.45) is 0. The molecule has 98 valence electrons. The van der Waals surface area contributed by atoms with Crippen LogP contribution in [0.4, 0.5) is 0 Å². The van der Waals surface area contributed by atoms with E-state index in [1.165, 1.54) is 0 Å². The third-order valence-electron chi connectivity index (χ3n) is 2.75. The number of rotatable bonds is 1. The monoisotopic (exact) mass is 336 g/mol. The van der Waals surface area contributed by atoms with Gasteiger partial charge in [0.25, 0.3) is 0 Å². The van der Waals surface area contributed by atoms with E-state index in [1.54, 1.807) is 11.3 Å². The first-order valence-corrected chi connectivity index (χ1v) is 7.55. The molecule has 0 N–H and O–H groups in total. The maximum Gasteiger partial charge on any atom is 0.235 e. The molecule has 2 aromatic heterocycles. The van der Waals surface area contributed by atoms with Crippen molar-refractivity contribution in [3.05, 3.63) is 34.6 Å². The van der Waals surface area contributed by atoms with Crippen molar-refractivity contribution in [1.82, 2.24) is 19.8 Å². The predicted molar refractivity (Wildman–Crippen MR) is 80.5 cm³/mol. The molecule has 0 unspecified atom stereocenters. The molecular formula is C13H13BrN4S. The molecule has 3 rings (SSSR count). The summed E-state index contributed by atoms with van der Waals surface area (Å²) >= 11 is 4.99. The molecule has 0 fully saturated rings. The van der Waals surface area contributed by atoms with Crippen LogP contribution in [0.5, 0.6) is 0 Å². The fourth-order valence-corrected chi connectivity index (χ4v) is 2.90. The minimum absolute atomic E-state index is 0.0650. The average Bonchev–Trinajstić information content (AvgIpc) is 2.87. The van der Waals surface area contributed by atoms with Crippen molar-refractivity contribution in [2.75, 3.05) is 0 Å². The average molecular weight is 337 g/mol. The molecule has 6 heteroatoms. The molecule has 19 heavy (non-hydrogen) atoms. The molecule has 0 radical (unpaired) electrons. The number of halogens is 1. The minimum Gasteiger partial charge on any atom is -0.186 e. The standard InChI is InChI=1S/C13H13BrN4S/c1-13(2,3)11-15-16-12-18(11)17-10(19-12)8-4-6-9(14)7-5-8/h4-7H,1-3H3. The van der Waals surface area contributed by atoms with E-state index in [0.29, 0.717) is 0 Å². The summed E-state index contributed by atoms with van der Waals surface area (Å²) in [6, 6.07) is 8.13. The predicted octanol–water partition coefficient (Wildman–Crippen LogP) is 3.91. The quantitative estimate of drug-likeness (QED) is 0.676. The lowest BCUT2D eigenvalue weighted by atomic mass is 9.96. The Morgan fingerprint density at radius 1 is 1.11 bits per heavy atom. The second-order valence-corrected chi connectivity index (χ2v) is 7.25. The summed E-state index contributed by atoms with van der Waals surface area (Å²) < 4.78 is 2.91. The molecule has 0 saturated heterocycles. The lowest BCUT2D eigenvalue weighted by Gasteiger charge is -2.13. The van der Waals surface area contributed by atoms with Crippen LogP contribution in [0.25, 0.3) is 15.5 Å². The van der Waals surface area contributed by atoms with Crippen molar-refractivity contribution < 1.29 is 0 Å². The van der Waals surface area contributed by atoms with E-state index in [-0.39, 0.29) is 5.41 Å². The lowest BCUT2D eigenvalue weighted by molar-refractivity contribution is 0.528. The van der Waals surface area contributed by atoms with Crippen LogP contribution < -0.4 is 0 Å². The summed E-state index contributed by atoms with van der Waals surface area (Å²) in [5, 5.41) is 14.0. The van der Waals surface area contributed by atoms with Crippen LogP contribution in [0.1, 0.15) is 26.6 Å². The van der Waals surface area contributed by atoms with Crippen molar-refractivity contribution in [3.63, 3.8) is 0 Å². The van der Waals surface area contributed by atoms with Crippen molar-refractivity contribution in [2.24, 2.45) is 0 Å². The highest BCUT2D eigenvalue weighted by atomic mass is 79.9. The maximum absolute atomic E-state index is 4.63. The fraction of sp³-hybridized carbons (Fsp3) is 0.308. The van der Waals surface area contributed by atoms with E-state index in [2.05, 4.69) is 52.0 Å². The van der Waals surface area contributed by atoms with Gasteiger partial charge in [0.2, 0.25) is 4.96 Å². The highest BCUT2D eigenvalue weighted by molar-refractivity contribution is 9.10. The van der Waals surface area contributed by atoms with Gasteiger partial charge in [0.15, 0.2) is 5.82 Å². The normalized spacial score (nSPS) is 12.2. The Hall–Kier alpha value is -1.27. The van der Waals surface area contributed by atoms with Gasteiger partial charge in [0.05, 0.1) is 0 Å². The molecular weight excluding hydrogens is 324 g/mol. The first kappa shape index (κ1) is 12.7. The smallest absolute Gasteiger partial charge is 0.186 e. The van der Waals surface area contributed by atoms with E-state index in [1.807, 2.05) is 28.8 Å². The number of nitrogens with zero attached hydrogens (tertiary/aromatic N) is 4. The molecule has 0 aliphatic carbocycles. The van der Waals surface area contributed by atoms with Gasteiger partial charge < -0.3 is 0 Å². The topological polar surface area (TPSA) is 43.1 Å². The molecule has 4 nitrogen and oxygen atoms in total. The van der Waals surface area contributed by atoms with E-state index in [9.17, 15) is 0 Å². The Bertz CT molecular complexity index is 721. The van der Waals surface area contributed by atoms with Crippen LogP contribution >= 0.6 is 27.3 Å². The number of aromatic nitrogens is 4.